The van der Waals surface area contributed by atoms with Gasteiger partial charge in [0.1, 0.15) is 0 Å². The van der Waals surface area contributed by atoms with Crippen LogP contribution in [-0.4, -0.2) is 63.5 Å². The first-order valence-electron chi connectivity index (χ1n) is 7.91. The molecule has 4 nitrogen and oxygen atoms in total. The second-order valence-electron chi connectivity index (χ2n) is 6.00. The maximum absolute atomic E-state index is 5.82. The molecular formula is C15H30N2O2. The summed E-state index contributed by atoms with van der Waals surface area (Å²) >= 11 is 0. The summed E-state index contributed by atoms with van der Waals surface area (Å²) in [7, 11) is 2.22. The normalized spacial score (nSPS) is 32.7. The van der Waals surface area contributed by atoms with E-state index in [0.29, 0.717) is 18.1 Å². The number of ether oxygens (including phenoxy) is 2. The summed E-state index contributed by atoms with van der Waals surface area (Å²) in [6, 6.07) is 0.619. The third-order valence-electron chi connectivity index (χ3n) is 4.28. The fraction of sp³-hybridized carbons (Fsp3) is 1.00. The van der Waals surface area contributed by atoms with Gasteiger partial charge in [-0.1, -0.05) is 6.92 Å². The van der Waals surface area contributed by atoms with Crippen molar-refractivity contribution in [3.63, 3.8) is 0 Å². The van der Waals surface area contributed by atoms with Crippen LogP contribution in [0.15, 0.2) is 0 Å². The highest BCUT2D eigenvalue weighted by molar-refractivity contribution is 4.82. The summed E-state index contributed by atoms with van der Waals surface area (Å²) in [6.45, 7) is 8.16. The Labute approximate surface area is 117 Å². The van der Waals surface area contributed by atoms with Gasteiger partial charge in [-0.15, -0.1) is 0 Å². The van der Waals surface area contributed by atoms with Crippen LogP contribution in [0, 0.1) is 5.92 Å². The molecule has 0 aromatic rings. The van der Waals surface area contributed by atoms with Gasteiger partial charge in [0.05, 0.1) is 12.7 Å². The van der Waals surface area contributed by atoms with E-state index in [1.807, 2.05) is 0 Å². The third-order valence-corrected chi connectivity index (χ3v) is 4.28. The van der Waals surface area contributed by atoms with Gasteiger partial charge in [-0.3, -0.25) is 0 Å². The van der Waals surface area contributed by atoms with E-state index in [9.17, 15) is 0 Å². The second-order valence-corrected chi connectivity index (χ2v) is 6.00. The Bertz CT molecular complexity index is 242. The Morgan fingerprint density at radius 2 is 2.05 bits per heavy atom. The molecular weight excluding hydrogens is 240 g/mol. The zero-order valence-corrected chi connectivity index (χ0v) is 12.6. The summed E-state index contributed by atoms with van der Waals surface area (Å²) in [6.07, 6.45) is 5.37. The minimum Gasteiger partial charge on any atom is -0.381 e. The number of nitrogens with one attached hydrogen (secondary N) is 1. The molecule has 1 N–H and O–H groups in total. The second kappa shape index (κ2) is 8.20. The zero-order valence-electron chi connectivity index (χ0n) is 12.6. The van der Waals surface area contributed by atoms with Gasteiger partial charge >= 0.3 is 0 Å². The molecule has 0 aromatic carbocycles. The Hall–Kier alpha value is -0.160. The quantitative estimate of drug-likeness (QED) is 0.793. The van der Waals surface area contributed by atoms with Crippen molar-refractivity contribution >= 4 is 0 Å². The summed E-state index contributed by atoms with van der Waals surface area (Å²) in [5, 5.41) is 3.61. The Morgan fingerprint density at radius 1 is 1.16 bits per heavy atom. The lowest BCUT2D eigenvalue weighted by atomic mass is 9.95. The van der Waals surface area contributed by atoms with Crippen molar-refractivity contribution in [1.82, 2.24) is 10.2 Å². The van der Waals surface area contributed by atoms with Crippen LogP contribution in [0.5, 0.6) is 0 Å². The molecule has 0 saturated carbocycles. The van der Waals surface area contributed by atoms with E-state index in [2.05, 4.69) is 24.2 Å². The van der Waals surface area contributed by atoms with E-state index < -0.39 is 0 Å². The van der Waals surface area contributed by atoms with E-state index >= 15 is 0 Å². The monoisotopic (exact) mass is 270 g/mol. The van der Waals surface area contributed by atoms with Crippen molar-refractivity contribution in [2.75, 3.05) is 46.5 Å². The smallest absolute Gasteiger partial charge is 0.0701 e. The maximum Gasteiger partial charge on any atom is 0.0701 e. The van der Waals surface area contributed by atoms with E-state index in [-0.39, 0.29) is 0 Å². The number of likely N-dealkylation sites (N-methyl/N-ethyl adjacent to an activating group) is 1. The molecule has 2 rings (SSSR count). The van der Waals surface area contributed by atoms with Crippen LogP contribution >= 0.6 is 0 Å². The van der Waals surface area contributed by atoms with Gasteiger partial charge in [-0.05, 0) is 39.3 Å². The summed E-state index contributed by atoms with van der Waals surface area (Å²) in [5.74, 6) is 0.613. The molecule has 0 spiro atoms. The van der Waals surface area contributed by atoms with Crippen molar-refractivity contribution in [2.24, 2.45) is 5.92 Å². The number of rotatable bonds is 6. The fourth-order valence-corrected chi connectivity index (χ4v) is 3.28. The van der Waals surface area contributed by atoms with Gasteiger partial charge in [0, 0.05) is 38.3 Å². The largest absolute Gasteiger partial charge is 0.381 e. The summed E-state index contributed by atoms with van der Waals surface area (Å²) in [4.78, 5) is 2.43. The zero-order chi connectivity index (χ0) is 13.5. The standard InChI is InChI=1S/C15H30N2O2/c1-3-16-15-7-9-18-12-13(15)10-17(2)11-14-6-4-5-8-19-14/h13-16H,3-12H2,1-2H3. The van der Waals surface area contributed by atoms with Gasteiger partial charge < -0.3 is 19.7 Å². The lowest BCUT2D eigenvalue weighted by Crippen LogP contribution is -2.48. The molecule has 2 heterocycles. The molecule has 0 aromatic heterocycles. The molecule has 0 bridgehead atoms. The first-order chi connectivity index (χ1) is 9.29. The Kier molecular flexibility index (Phi) is 6.57. The highest BCUT2D eigenvalue weighted by Gasteiger charge is 2.27. The van der Waals surface area contributed by atoms with Gasteiger partial charge in [0.25, 0.3) is 0 Å². The minimum atomic E-state index is 0.445. The van der Waals surface area contributed by atoms with Crippen molar-refractivity contribution in [3.05, 3.63) is 0 Å². The molecule has 0 amide bonds. The molecule has 4 heteroatoms. The Balaban J connectivity index is 1.74. The molecule has 3 unspecified atom stereocenters. The van der Waals surface area contributed by atoms with Gasteiger partial charge in [-0.2, -0.15) is 0 Å². The summed E-state index contributed by atoms with van der Waals surface area (Å²) < 4.78 is 11.5. The molecule has 3 atom stereocenters. The third kappa shape index (κ3) is 5.03. The molecule has 2 aliphatic heterocycles. The van der Waals surface area contributed by atoms with Crippen LogP contribution in [0.1, 0.15) is 32.6 Å². The van der Waals surface area contributed by atoms with E-state index in [1.165, 1.54) is 19.3 Å². The SMILES string of the molecule is CCNC1CCOCC1CN(C)CC1CCCCO1. The van der Waals surface area contributed by atoms with Gasteiger partial charge in [0.15, 0.2) is 0 Å². The first-order valence-corrected chi connectivity index (χ1v) is 7.91. The average molecular weight is 270 g/mol. The predicted octanol–water partition coefficient (Wildman–Crippen LogP) is 1.50. The highest BCUT2D eigenvalue weighted by atomic mass is 16.5. The summed E-state index contributed by atoms with van der Waals surface area (Å²) in [5.41, 5.74) is 0. The van der Waals surface area contributed by atoms with Gasteiger partial charge in [0.2, 0.25) is 0 Å². The average Bonchev–Trinajstić information content (AvgIpc) is 2.42. The van der Waals surface area contributed by atoms with Crippen molar-refractivity contribution in [1.29, 1.82) is 0 Å². The van der Waals surface area contributed by atoms with Crippen molar-refractivity contribution in [2.45, 2.75) is 44.8 Å². The van der Waals surface area contributed by atoms with Crippen LogP contribution in [0.4, 0.5) is 0 Å². The van der Waals surface area contributed by atoms with E-state index in [0.717, 1.165) is 45.9 Å². The molecule has 0 radical (unpaired) electrons. The lowest BCUT2D eigenvalue weighted by Gasteiger charge is -2.36. The van der Waals surface area contributed by atoms with Crippen molar-refractivity contribution in [3.8, 4) is 0 Å². The lowest BCUT2D eigenvalue weighted by molar-refractivity contribution is -0.0163. The van der Waals surface area contributed by atoms with Crippen LogP contribution in [0.25, 0.3) is 0 Å². The fourth-order valence-electron chi connectivity index (χ4n) is 3.28. The molecule has 112 valence electrons. The van der Waals surface area contributed by atoms with Crippen molar-refractivity contribution < 1.29 is 9.47 Å². The van der Waals surface area contributed by atoms with Crippen LogP contribution in [0.3, 0.4) is 0 Å². The molecule has 2 aliphatic rings. The van der Waals surface area contributed by atoms with Crippen LogP contribution in [-0.2, 0) is 9.47 Å². The maximum atomic E-state index is 5.82. The number of hydrogen-bond acceptors (Lipinski definition) is 4. The van der Waals surface area contributed by atoms with Gasteiger partial charge in [-0.25, -0.2) is 0 Å². The minimum absolute atomic E-state index is 0.445. The van der Waals surface area contributed by atoms with E-state index in [4.69, 9.17) is 9.47 Å². The van der Waals surface area contributed by atoms with Crippen LogP contribution < -0.4 is 5.32 Å². The topological polar surface area (TPSA) is 33.7 Å². The van der Waals surface area contributed by atoms with E-state index in [1.54, 1.807) is 0 Å². The number of hydrogen-bond donors (Lipinski definition) is 1. The predicted molar refractivity (Wildman–Crippen MR) is 77.5 cm³/mol. The molecule has 19 heavy (non-hydrogen) atoms. The molecule has 2 fully saturated rings. The molecule has 0 aliphatic carbocycles. The first kappa shape index (κ1) is 15.2. The number of nitrogens with zero attached hydrogens (tertiary/aromatic N) is 1. The molecule has 2 saturated heterocycles. The van der Waals surface area contributed by atoms with Crippen LogP contribution in [0.2, 0.25) is 0 Å². The Morgan fingerprint density at radius 3 is 2.79 bits per heavy atom. The highest BCUT2D eigenvalue weighted by Crippen LogP contribution is 2.18.